The second-order valence-electron chi connectivity index (χ2n) is 7.30. The Morgan fingerprint density at radius 1 is 1.48 bits per heavy atom. The topological polar surface area (TPSA) is 102 Å². The first-order chi connectivity index (χ1) is 12.7. The van der Waals surface area contributed by atoms with Crippen LogP contribution in [0, 0.1) is 12.3 Å². The van der Waals surface area contributed by atoms with Crippen molar-refractivity contribution >= 4 is 23.2 Å². The molecule has 7 nitrogen and oxygen atoms in total. The van der Waals surface area contributed by atoms with Gasteiger partial charge in [-0.1, -0.05) is 19.9 Å². The van der Waals surface area contributed by atoms with Crippen molar-refractivity contribution in [3.8, 4) is 10.8 Å². The van der Waals surface area contributed by atoms with E-state index in [1.165, 1.54) is 11.3 Å². The van der Waals surface area contributed by atoms with Gasteiger partial charge in [0.05, 0.1) is 23.1 Å². The SMILES string of the molecule is CCOC1CC(NC(=O)Cc2nc(-c3cccs3)oc2C)(C(=O)O)C1(C)C. The molecule has 2 aromatic rings. The van der Waals surface area contributed by atoms with Gasteiger partial charge in [-0.25, -0.2) is 9.78 Å². The molecule has 1 aliphatic carbocycles. The number of aryl methyl sites for hydroxylation is 1. The van der Waals surface area contributed by atoms with Crippen molar-refractivity contribution in [2.45, 2.75) is 52.2 Å². The Balaban J connectivity index is 1.74. The molecule has 2 N–H and O–H groups in total. The van der Waals surface area contributed by atoms with Crippen molar-refractivity contribution in [1.29, 1.82) is 0 Å². The van der Waals surface area contributed by atoms with Gasteiger partial charge in [-0.3, -0.25) is 4.79 Å². The number of aliphatic carboxylic acids is 1. The van der Waals surface area contributed by atoms with Crippen LogP contribution in [0.4, 0.5) is 0 Å². The van der Waals surface area contributed by atoms with E-state index < -0.39 is 22.8 Å². The lowest BCUT2D eigenvalue weighted by molar-refractivity contribution is -0.194. The van der Waals surface area contributed by atoms with Gasteiger partial charge in [0.1, 0.15) is 11.3 Å². The van der Waals surface area contributed by atoms with E-state index in [4.69, 9.17) is 9.15 Å². The van der Waals surface area contributed by atoms with Crippen LogP contribution in [0.15, 0.2) is 21.9 Å². The third kappa shape index (κ3) is 3.27. The molecule has 1 fully saturated rings. The second-order valence-corrected chi connectivity index (χ2v) is 8.25. The van der Waals surface area contributed by atoms with E-state index in [-0.39, 0.29) is 18.9 Å². The van der Waals surface area contributed by atoms with E-state index in [9.17, 15) is 14.7 Å². The summed E-state index contributed by atoms with van der Waals surface area (Å²) in [6.07, 6.45) is -0.00345. The van der Waals surface area contributed by atoms with Gasteiger partial charge in [0.2, 0.25) is 11.8 Å². The summed E-state index contributed by atoms with van der Waals surface area (Å²) in [4.78, 5) is 29.9. The molecule has 0 saturated heterocycles. The van der Waals surface area contributed by atoms with Gasteiger partial charge in [0.15, 0.2) is 0 Å². The van der Waals surface area contributed by atoms with Gasteiger partial charge in [-0.05, 0) is 25.3 Å². The number of hydrogen-bond acceptors (Lipinski definition) is 6. The molecule has 1 amide bonds. The molecule has 2 aromatic heterocycles. The molecule has 0 radical (unpaired) electrons. The van der Waals surface area contributed by atoms with Crippen LogP contribution in [0.1, 0.15) is 38.6 Å². The Morgan fingerprint density at radius 3 is 2.78 bits per heavy atom. The average Bonchev–Trinajstić information content (AvgIpc) is 3.24. The highest BCUT2D eigenvalue weighted by atomic mass is 32.1. The Labute approximate surface area is 161 Å². The van der Waals surface area contributed by atoms with E-state index in [1.807, 2.05) is 38.3 Å². The first-order valence-corrected chi connectivity index (χ1v) is 9.75. The number of nitrogens with one attached hydrogen (secondary N) is 1. The number of aromatic nitrogens is 1. The normalized spacial score (nSPS) is 23.6. The minimum absolute atomic E-state index is 0.0366. The fourth-order valence-corrected chi connectivity index (χ4v) is 4.22. The van der Waals surface area contributed by atoms with Crippen LogP contribution in [-0.2, 0) is 20.7 Å². The number of hydrogen-bond donors (Lipinski definition) is 2. The van der Waals surface area contributed by atoms with E-state index in [0.29, 0.717) is 24.0 Å². The molecule has 0 spiro atoms. The highest BCUT2D eigenvalue weighted by Gasteiger charge is 2.66. The van der Waals surface area contributed by atoms with Crippen LogP contribution in [0.25, 0.3) is 10.8 Å². The van der Waals surface area contributed by atoms with E-state index in [0.717, 1.165) is 4.88 Å². The number of carboxylic acids is 1. The highest BCUT2D eigenvalue weighted by molar-refractivity contribution is 7.13. The number of nitrogens with zero attached hydrogens (tertiary/aromatic N) is 1. The largest absolute Gasteiger partial charge is 0.479 e. The Kier molecular flexibility index (Phi) is 5.14. The van der Waals surface area contributed by atoms with Crippen LogP contribution < -0.4 is 5.32 Å². The molecule has 2 atom stereocenters. The lowest BCUT2D eigenvalue weighted by Gasteiger charge is -2.58. The number of carbonyl (C=O) groups is 2. The minimum Gasteiger partial charge on any atom is -0.479 e. The van der Waals surface area contributed by atoms with Crippen LogP contribution in [-0.4, -0.2) is 40.2 Å². The summed E-state index contributed by atoms with van der Waals surface area (Å²) in [6.45, 7) is 7.73. The van der Waals surface area contributed by atoms with Crippen molar-refractivity contribution < 1.29 is 23.8 Å². The summed E-state index contributed by atoms with van der Waals surface area (Å²) >= 11 is 1.50. The molecule has 0 aliphatic heterocycles. The molecule has 2 unspecified atom stereocenters. The van der Waals surface area contributed by atoms with E-state index in [1.54, 1.807) is 6.92 Å². The maximum absolute atomic E-state index is 12.6. The molecule has 0 aromatic carbocycles. The zero-order valence-corrected chi connectivity index (χ0v) is 16.7. The molecule has 146 valence electrons. The third-order valence-corrected chi connectivity index (χ3v) is 6.29. The Hall–Kier alpha value is -2.19. The molecular formula is C19H24N2O5S. The minimum atomic E-state index is -1.35. The molecule has 8 heteroatoms. The first-order valence-electron chi connectivity index (χ1n) is 8.87. The van der Waals surface area contributed by atoms with Crippen molar-refractivity contribution in [2.75, 3.05) is 6.61 Å². The number of oxazole rings is 1. The van der Waals surface area contributed by atoms with Crippen molar-refractivity contribution in [2.24, 2.45) is 5.41 Å². The summed E-state index contributed by atoms with van der Waals surface area (Å²) in [5.74, 6) is -0.417. The molecule has 1 aliphatic rings. The van der Waals surface area contributed by atoms with Gasteiger partial charge in [0, 0.05) is 18.4 Å². The lowest BCUT2D eigenvalue weighted by atomic mass is 9.54. The van der Waals surface area contributed by atoms with Crippen LogP contribution in [0.5, 0.6) is 0 Å². The predicted octanol–water partition coefficient (Wildman–Crippen LogP) is 3.03. The molecule has 27 heavy (non-hydrogen) atoms. The standard InChI is InChI=1S/C19H24N2O5S/c1-5-25-14-10-19(17(23)24,18(14,3)4)21-15(22)9-12-11(2)26-16(20-12)13-7-6-8-27-13/h6-8,14H,5,9-10H2,1-4H3,(H,21,22)(H,23,24). The number of carboxylic acid groups (broad SMARTS) is 1. The number of thiophene rings is 1. The summed E-state index contributed by atoms with van der Waals surface area (Å²) < 4.78 is 11.3. The first kappa shape index (κ1) is 19.6. The molecule has 1 saturated carbocycles. The van der Waals surface area contributed by atoms with E-state index >= 15 is 0 Å². The Bertz CT molecular complexity index is 842. The van der Waals surface area contributed by atoms with Crippen molar-refractivity contribution in [3.63, 3.8) is 0 Å². The maximum atomic E-state index is 12.6. The van der Waals surface area contributed by atoms with Gasteiger partial charge < -0.3 is 19.6 Å². The van der Waals surface area contributed by atoms with Crippen LogP contribution in [0.2, 0.25) is 0 Å². The summed E-state index contributed by atoms with van der Waals surface area (Å²) in [5.41, 5.74) is -1.56. The lowest BCUT2D eigenvalue weighted by Crippen LogP contribution is -2.76. The van der Waals surface area contributed by atoms with Crippen LogP contribution in [0.3, 0.4) is 0 Å². The van der Waals surface area contributed by atoms with E-state index in [2.05, 4.69) is 10.3 Å². The fourth-order valence-electron chi connectivity index (χ4n) is 3.57. The smallest absolute Gasteiger partial charge is 0.330 e. The second kappa shape index (κ2) is 7.09. The number of rotatable bonds is 7. The van der Waals surface area contributed by atoms with Crippen molar-refractivity contribution in [1.82, 2.24) is 10.3 Å². The molecule has 0 bridgehead atoms. The molecule has 3 rings (SSSR count). The quantitative estimate of drug-likeness (QED) is 0.751. The number of ether oxygens (including phenoxy) is 1. The zero-order chi connectivity index (χ0) is 19.8. The summed E-state index contributed by atoms with van der Waals surface area (Å²) in [5, 5.41) is 14.5. The van der Waals surface area contributed by atoms with Crippen LogP contribution >= 0.6 is 11.3 Å². The average molecular weight is 392 g/mol. The monoisotopic (exact) mass is 392 g/mol. The number of amides is 1. The Morgan fingerprint density at radius 2 is 2.22 bits per heavy atom. The van der Waals surface area contributed by atoms with Gasteiger partial charge in [-0.2, -0.15) is 0 Å². The van der Waals surface area contributed by atoms with Gasteiger partial charge >= 0.3 is 5.97 Å². The highest BCUT2D eigenvalue weighted by Crippen LogP contribution is 2.51. The predicted molar refractivity (Wildman–Crippen MR) is 101 cm³/mol. The van der Waals surface area contributed by atoms with Gasteiger partial charge in [-0.15, -0.1) is 11.3 Å². The zero-order valence-electron chi connectivity index (χ0n) is 15.9. The fraction of sp³-hybridized carbons (Fsp3) is 0.526. The summed E-state index contributed by atoms with van der Waals surface area (Å²) in [6, 6.07) is 3.79. The third-order valence-electron chi connectivity index (χ3n) is 5.43. The summed E-state index contributed by atoms with van der Waals surface area (Å²) in [7, 11) is 0. The molecular weight excluding hydrogens is 368 g/mol. The molecule has 2 heterocycles. The van der Waals surface area contributed by atoms with Crippen molar-refractivity contribution in [3.05, 3.63) is 29.0 Å². The maximum Gasteiger partial charge on any atom is 0.330 e. The number of carbonyl (C=O) groups excluding carboxylic acids is 1. The van der Waals surface area contributed by atoms with Gasteiger partial charge in [0.25, 0.3) is 0 Å².